The molecule has 0 saturated heterocycles. The van der Waals surface area contributed by atoms with Crippen molar-refractivity contribution in [3.63, 3.8) is 0 Å². The van der Waals surface area contributed by atoms with Crippen LogP contribution >= 0.6 is 15.9 Å². The Labute approximate surface area is 127 Å². The van der Waals surface area contributed by atoms with E-state index in [9.17, 15) is 0 Å². The first kappa shape index (κ1) is 13.7. The van der Waals surface area contributed by atoms with Gasteiger partial charge in [-0.05, 0) is 36.5 Å². The topological polar surface area (TPSA) is 52.0 Å². The minimum Gasteiger partial charge on any atom is -0.367 e. The minimum atomic E-state index is 0.431. The fraction of sp³-hybridized carbons (Fsp3) is 0.438. The van der Waals surface area contributed by atoms with E-state index in [-0.39, 0.29) is 0 Å². The van der Waals surface area contributed by atoms with Crippen LogP contribution in [0.4, 0.5) is 5.88 Å². The summed E-state index contributed by atoms with van der Waals surface area (Å²) >= 11 is 3.46. The third-order valence-electron chi connectivity index (χ3n) is 4.28. The van der Waals surface area contributed by atoms with E-state index in [2.05, 4.69) is 40.1 Å². The lowest BCUT2D eigenvalue weighted by Gasteiger charge is -2.25. The Hall–Kier alpha value is -1.29. The second-order valence-electron chi connectivity index (χ2n) is 5.77. The first-order chi connectivity index (χ1) is 9.65. The maximum atomic E-state index is 6.00. The fourth-order valence-electron chi connectivity index (χ4n) is 3.03. The second kappa shape index (κ2) is 5.60. The zero-order valence-corrected chi connectivity index (χ0v) is 13.2. The van der Waals surface area contributed by atoms with Crippen molar-refractivity contribution in [1.82, 2.24) is 5.16 Å². The molecule has 106 valence electrons. The zero-order chi connectivity index (χ0) is 14.1. The van der Waals surface area contributed by atoms with Crippen LogP contribution in [-0.4, -0.2) is 5.16 Å². The molecule has 4 heteroatoms. The van der Waals surface area contributed by atoms with Crippen molar-refractivity contribution in [3.05, 3.63) is 34.4 Å². The van der Waals surface area contributed by atoms with Gasteiger partial charge in [-0.25, -0.2) is 0 Å². The highest BCUT2D eigenvalue weighted by Crippen LogP contribution is 2.41. The number of rotatable bonds is 2. The van der Waals surface area contributed by atoms with E-state index in [1.54, 1.807) is 0 Å². The molecule has 1 fully saturated rings. The number of hydrogen-bond donors (Lipinski definition) is 1. The van der Waals surface area contributed by atoms with E-state index in [1.807, 2.05) is 12.1 Å². The summed E-state index contributed by atoms with van der Waals surface area (Å²) in [5, 5.41) is 4.25. The summed E-state index contributed by atoms with van der Waals surface area (Å²) in [6, 6.07) is 8.16. The molecule has 2 aromatic rings. The summed E-state index contributed by atoms with van der Waals surface area (Å²) < 4.78 is 6.34. The first-order valence-corrected chi connectivity index (χ1v) is 7.95. The predicted octanol–water partition coefficient (Wildman–Crippen LogP) is 4.98. The molecule has 0 bridgehead atoms. The van der Waals surface area contributed by atoms with Gasteiger partial charge in [0.25, 0.3) is 0 Å². The van der Waals surface area contributed by atoms with Gasteiger partial charge < -0.3 is 10.3 Å². The molecule has 1 aliphatic carbocycles. The van der Waals surface area contributed by atoms with Crippen LogP contribution in [-0.2, 0) is 0 Å². The lowest BCUT2D eigenvalue weighted by molar-refractivity contribution is 0.331. The van der Waals surface area contributed by atoms with Gasteiger partial charge in [0.2, 0.25) is 5.88 Å². The molecule has 0 unspecified atom stereocenters. The van der Waals surface area contributed by atoms with E-state index >= 15 is 0 Å². The molecule has 3 nitrogen and oxygen atoms in total. The number of hydrogen-bond acceptors (Lipinski definition) is 3. The third-order valence-corrected chi connectivity index (χ3v) is 4.81. The number of anilines is 1. The number of nitrogens with zero attached hydrogens (tertiary/aromatic N) is 1. The Morgan fingerprint density at radius 3 is 2.45 bits per heavy atom. The summed E-state index contributed by atoms with van der Waals surface area (Å²) in [5.41, 5.74) is 9.11. The molecular weight excluding hydrogens is 316 g/mol. The van der Waals surface area contributed by atoms with Gasteiger partial charge in [0, 0.05) is 10.4 Å². The van der Waals surface area contributed by atoms with Crippen molar-refractivity contribution >= 4 is 21.8 Å². The van der Waals surface area contributed by atoms with Crippen LogP contribution in [0.1, 0.15) is 44.2 Å². The van der Waals surface area contributed by atoms with Crippen molar-refractivity contribution in [3.8, 4) is 11.1 Å². The van der Waals surface area contributed by atoms with Crippen molar-refractivity contribution in [2.24, 2.45) is 5.92 Å². The Morgan fingerprint density at radius 2 is 1.80 bits per heavy atom. The summed E-state index contributed by atoms with van der Waals surface area (Å²) in [4.78, 5) is 0. The van der Waals surface area contributed by atoms with Gasteiger partial charge in [-0.1, -0.05) is 53.0 Å². The lowest BCUT2D eigenvalue weighted by atomic mass is 9.80. The van der Waals surface area contributed by atoms with Crippen molar-refractivity contribution in [1.29, 1.82) is 0 Å². The number of nitrogens with two attached hydrogens (primary N) is 1. The largest absolute Gasteiger partial charge is 0.367 e. The molecule has 0 amide bonds. The molecule has 1 saturated carbocycles. The molecule has 1 aromatic heterocycles. The molecule has 2 N–H and O–H groups in total. The average molecular weight is 335 g/mol. The highest BCUT2D eigenvalue weighted by molar-refractivity contribution is 9.10. The third kappa shape index (κ3) is 2.62. The van der Waals surface area contributed by atoms with Crippen LogP contribution in [0.2, 0.25) is 0 Å². The highest BCUT2D eigenvalue weighted by atomic mass is 79.9. The Kier molecular flexibility index (Phi) is 3.83. The van der Waals surface area contributed by atoms with Crippen molar-refractivity contribution < 1.29 is 4.52 Å². The normalized spacial score (nSPS) is 22.9. The first-order valence-electron chi connectivity index (χ1n) is 7.16. The number of halogens is 1. The fourth-order valence-corrected chi connectivity index (χ4v) is 3.30. The van der Waals surface area contributed by atoms with E-state index in [1.165, 1.54) is 25.7 Å². The molecule has 1 aromatic carbocycles. The molecule has 0 radical (unpaired) electrons. The Bertz CT molecular complexity index is 583. The molecule has 0 atom stereocenters. The summed E-state index contributed by atoms with van der Waals surface area (Å²) in [7, 11) is 0. The minimum absolute atomic E-state index is 0.431. The van der Waals surface area contributed by atoms with Gasteiger partial charge in [-0.15, -0.1) is 0 Å². The average Bonchev–Trinajstić information content (AvgIpc) is 2.83. The molecule has 0 aliphatic heterocycles. The lowest BCUT2D eigenvalue weighted by Crippen LogP contribution is -2.11. The molecule has 0 spiro atoms. The summed E-state index contributed by atoms with van der Waals surface area (Å²) in [6.07, 6.45) is 4.88. The van der Waals surface area contributed by atoms with Crippen molar-refractivity contribution in [2.75, 3.05) is 5.73 Å². The van der Waals surface area contributed by atoms with Gasteiger partial charge in [0.15, 0.2) is 0 Å². The SMILES string of the molecule is CC1CCC(c2noc(N)c2-c2ccc(Br)cc2)CC1. The monoisotopic (exact) mass is 334 g/mol. The van der Waals surface area contributed by atoms with Crippen LogP contribution in [0.25, 0.3) is 11.1 Å². The summed E-state index contributed by atoms with van der Waals surface area (Å²) in [5.74, 6) is 1.73. The molecular formula is C16H19BrN2O. The van der Waals surface area contributed by atoms with Crippen molar-refractivity contribution in [2.45, 2.75) is 38.5 Å². The predicted molar refractivity (Wildman–Crippen MR) is 84.4 cm³/mol. The highest BCUT2D eigenvalue weighted by Gasteiger charge is 2.27. The number of nitrogen functional groups attached to an aromatic ring is 1. The number of aromatic nitrogens is 1. The van der Waals surface area contributed by atoms with Crippen LogP contribution < -0.4 is 5.73 Å². The van der Waals surface area contributed by atoms with Crippen LogP contribution in [0.15, 0.2) is 33.3 Å². The van der Waals surface area contributed by atoms with Crippen LogP contribution in [0.5, 0.6) is 0 Å². The van der Waals surface area contributed by atoms with Gasteiger partial charge in [0.05, 0.1) is 11.3 Å². The van der Waals surface area contributed by atoms with Gasteiger partial charge >= 0.3 is 0 Å². The molecule has 20 heavy (non-hydrogen) atoms. The Balaban J connectivity index is 1.95. The molecule has 3 rings (SSSR count). The second-order valence-corrected chi connectivity index (χ2v) is 6.69. The quantitative estimate of drug-likeness (QED) is 0.842. The molecule has 1 aliphatic rings. The summed E-state index contributed by atoms with van der Waals surface area (Å²) in [6.45, 7) is 2.32. The standard InChI is InChI=1S/C16H19BrN2O/c1-10-2-4-12(5-3-10)15-14(16(18)20-19-15)11-6-8-13(17)9-7-11/h6-10,12H,2-5,18H2,1H3. The maximum Gasteiger partial charge on any atom is 0.230 e. The van der Waals surface area contributed by atoms with E-state index in [0.29, 0.717) is 11.8 Å². The van der Waals surface area contributed by atoms with Gasteiger partial charge in [-0.3, -0.25) is 0 Å². The number of benzene rings is 1. The van der Waals surface area contributed by atoms with Crippen LogP contribution in [0, 0.1) is 5.92 Å². The van der Waals surface area contributed by atoms with E-state index in [0.717, 1.165) is 27.2 Å². The molecule has 1 heterocycles. The van der Waals surface area contributed by atoms with Gasteiger partial charge in [-0.2, -0.15) is 0 Å². The smallest absolute Gasteiger partial charge is 0.230 e. The van der Waals surface area contributed by atoms with Crippen LogP contribution in [0.3, 0.4) is 0 Å². The zero-order valence-electron chi connectivity index (χ0n) is 11.6. The Morgan fingerprint density at radius 1 is 1.15 bits per heavy atom. The maximum absolute atomic E-state index is 6.00. The van der Waals surface area contributed by atoms with E-state index < -0.39 is 0 Å². The van der Waals surface area contributed by atoms with E-state index in [4.69, 9.17) is 10.3 Å². The van der Waals surface area contributed by atoms with Gasteiger partial charge in [0.1, 0.15) is 0 Å².